The van der Waals surface area contributed by atoms with E-state index in [1.165, 1.54) is 25.3 Å². The van der Waals surface area contributed by atoms with Gasteiger partial charge in [0.25, 0.3) is 0 Å². The van der Waals surface area contributed by atoms with E-state index < -0.39 is 10.0 Å². The summed E-state index contributed by atoms with van der Waals surface area (Å²) in [6, 6.07) is 13.3. The van der Waals surface area contributed by atoms with Gasteiger partial charge >= 0.3 is 0 Å². The first kappa shape index (κ1) is 24.6. The molecular weight excluding hydrogens is 459 g/mol. The molecule has 0 radical (unpaired) electrons. The van der Waals surface area contributed by atoms with Crippen LogP contribution in [0.4, 0.5) is 4.39 Å². The monoisotopic (exact) mass is 492 g/mol. The third-order valence-corrected chi connectivity index (χ3v) is 9.06. The molecule has 0 amide bonds. The SMILES string of the molecule is O=S(=O)(N[C@H]1CC[C@H](CCN2CCC(Cc3cccc(F)c3)CC2)CC1)c1ccc(Cl)cc1. The molecule has 1 saturated carbocycles. The highest BCUT2D eigenvalue weighted by Gasteiger charge is 2.27. The van der Waals surface area contributed by atoms with Crippen molar-refractivity contribution in [2.75, 3.05) is 19.6 Å². The number of nitrogens with zero attached hydrogens (tertiary/aromatic N) is 1. The highest BCUT2D eigenvalue weighted by atomic mass is 35.5. The maximum atomic E-state index is 13.4. The van der Waals surface area contributed by atoms with Crippen molar-refractivity contribution in [1.29, 1.82) is 0 Å². The third-order valence-electron chi connectivity index (χ3n) is 7.27. The van der Waals surface area contributed by atoms with Crippen molar-refractivity contribution in [3.05, 3.63) is 64.9 Å². The second-order valence-electron chi connectivity index (χ2n) is 9.70. The summed E-state index contributed by atoms with van der Waals surface area (Å²) in [5.74, 6) is 1.18. The van der Waals surface area contributed by atoms with Crippen LogP contribution in [0.1, 0.15) is 50.5 Å². The minimum absolute atomic E-state index is 0.0143. The van der Waals surface area contributed by atoms with E-state index in [0.717, 1.165) is 57.3 Å². The minimum atomic E-state index is -3.49. The molecule has 0 atom stereocenters. The molecule has 1 aliphatic heterocycles. The Morgan fingerprint density at radius 3 is 2.30 bits per heavy atom. The summed E-state index contributed by atoms with van der Waals surface area (Å²) in [6.07, 6.45) is 8.45. The topological polar surface area (TPSA) is 49.4 Å². The van der Waals surface area contributed by atoms with Crippen molar-refractivity contribution in [2.45, 2.75) is 62.3 Å². The first-order valence-corrected chi connectivity index (χ1v) is 14.0. The smallest absolute Gasteiger partial charge is 0.240 e. The van der Waals surface area contributed by atoms with Crippen LogP contribution in [0.5, 0.6) is 0 Å². The van der Waals surface area contributed by atoms with Crippen LogP contribution < -0.4 is 4.72 Å². The fourth-order valence-electron chi connectivity index (χ4n) is 5.25. The van der Waals surface area contributed by atoms with E-state index in [0.29, 0.717) is 16.9 Å². The Labute approximate surface area is 202 Å². The molecule has 33 heavy (non-hydrogen) atoms. The van der Waals surface area contributed by atoms with Crippen molar-refractivity contribution >= 4 is 21.6 Å². The largest absolute Gasteiger partial charge is 0.303 e. The van der Waals surface area contributed by atoms with Crippen molar-refractivity contribution in [3.8, 4) is 0 Å². The molecule has 1 N–H and O–H groups in total. The minimum Gasteiger partial charge on any atom is -0.303 e. The lowest BCUT2D eigenvalue weighted by molar-refractivity contribution is 0.164. The zero-order chi connectivity index (χ0) is 23.3. The van der Waals surface area contributed by atoms with E-state index in [1.807, 2.05) is 6.07 Å². The normalized spacial score (nSPS) is 23.0. The average molecular weight is 493 g/mol. The standard InChI is InChI=1S/C26H34ClFN2O2S/c27-23-6-10-26(11-7-23)33(31,32)29-25-8-4-20(5-9-25)12-15-30-16-13-21(14-17-30)18-22-2-1-3-24(28)19-22/h1-3,6-7,10-11,19-21,25,29H,4-5,8-9,12-18H2/t20-,25-. The summed E-state index contributed by atoms with van der Waals surface area (Å²) in [4.78, 5) is 2.84. The van der Waals surface area contributed by atoms with Crippen molar-refractivity contribution in [3.63, 3.8) is 0 Å². The van der Waals surface area contributed by atoms with Crippen LogP contribution in [0.15, 0.2) is 53.4 Å². The zero-order valence-corrected chi connectivity index (χ0v) is 20.6. The maximum Gasteiger partial charge on any atom is 0.240 e. The van der Waals surface area contributed by atoms with Gasteiger partial charge < -0.3 is 4.90 Å². The van der Waals surface area contributed by atoms with Gasteiger partial charge in [-0.05, 0) is 125 Å². The van der Waals surface area contributed by atoms with Crippen LogP contribution in [-0.2, 0) is 16.4 Å². The number of nitrogens with one attached hydrogen (secondary N) is 1. The van der Waals surface area contributed by atoms with Gasteiger partial charge in [0, 0.05) is 11.1 Å². The van der Waals surface area contributed by atoms with Gasteiger partial charge in [-0.25, -0.2) is 17.5 Å². The maximum absolute atomic E-state index is 13.4. The van der Waals surface area contributed by atoms with Gasteiger partial charge in [0.05, 0.1) is 4.90 Å². The van der Waals surface area contributed by atoms with Gasteiger partial charge in [-0.15, -0.1) is 0 Å². The fourth-order valence-corrected chi connectivity index (χ4v) is 6.68. The quantitative estimate of drug-likeness (QED) is 0.517. The number of piperidine rings is 1. The Balaban J connectivity index is 1.14. The Bertz CT molecular complexity index is 999. The van der Waals surface area contributed by atoms with Crippen LogP contribution in [0.25, 0.3) is 0 Å². The molecule has 2 aliphatic rings. The van der Waals surface area contributed by atoms with E-state index in [2.05, 4.69) is 9.62 Å². The molecule has 1 saturated heterocycles. The van der Waals surface area contributed by atoms with Gasteiger partial charge in [-0.1, -0.05) is 23.7 Å². The van der Waals surface area contributed by atoms with Crippen molar-refractivity contribution < 1.29 is 12.8 Å². The summed E-state index contributed by atoms with van der Waals surface area (Å²) in [5.41, 5.74) is 1.11. The van der Waals surface area contributed by atoms with E-state index in [-0.39, 0.29) is 16.8 Å². The molecule has 0 unspecified atom stereocenters. The van der Waals surface area contributed by atoms with Crippen LogP contribution in [0, 0.1) is 17.7 Å². The third kappa shape index (κ3) is 7.25. The molecule has 4 rings (SSSR count). The molecule has 1 aliphatic carbocycles. The summed E-state index contributed by atoms with van der Waals surface area (Å²) < 4.78 is 41.5. The number of likely N-dealkylation sites (tertiary alicyclic amines) is 1. The highest BCUT2D eigenvalue weighted by molar-refractivity contribution is 7.89. The number of hydrogen-bond acceptors (Lipinski definition) is 3. The number of rotatable bonds is 8. The summed E-state index contributed by atoms with van der Waals surface area (Å²) in [6.45, 7) is 3.37. The lowest BCUT2D eigenvalue weighted by Crippen LogP contribution is -2.39. The number of benzene rings is 2. The molecule has 4 nitrogen and oxygen atoms in total. The van der Waals surface area contributed by atoms with Crippen LogP contribution >= 0.6 is 11.6 Å². The first-order chi connectivity index (χ1) is 15.9. The molecule has 180 valence electrons. The molecule has 2 aromatic rings. The lowest BCUT2D eigenvalue weighted by atomic mass is 9.84. The first-order valence-electron chi connectivity index (χ1n) is 12.1. The number of hydrogen-bond donors (Lipinski definition) is 1. The summed E-state index contributed by atoms with van der Waals surface area (Å²) in [7, 11) is -3.49. The van der Waals surface area contributed by atoms with E-state index in [4.69, 9.17) is 11.6 Å². The van der Waals surface area contributed by atoms with E-state index >= 15 is 0 Å². The zero-order valence-electron chi connectivity index (χ0n) is 19.1. The molecule has 0 aromatic heterocycles. The highest BCUT2D eigenvalue weighted by Crippen LogP contribution is 2.29. The summed E-state index contributed by atoms with van der Waals surface area (Å²) in [5, 5.41) is 0.533. The van der Waals surface area contributed by atoms with Gasteiger partial charge in [0.2, 0.25) is 10.0 Å². The molecule has 1 heterocycles. The second-order valence-corrected chi connectivity index (χ2v) is 11.9. The van der Waals surface area contributed by atoms with Crippen LogP contribution in [-0.4, -0.2) is 39.0 Å². The van der Waals surface area contributed by atoms with E-state index in [9.17, 15) is 12.8 Å². The predicted molar refractivity (Wildman–Crippen MR) is 131 cm³/mol. The van der Waals surface area contributed by atoms with Gasteiger partial charge in [-0.2, -0.15) is 0 Å². The molecule has 0 spiro atoms. The fraction of sp³-hybridized carbons (Fsp3) is 0.538. The van der Waals surface area contributed by atoms with Crippen LogP contribution in [0.3, 0.4) is 0 Å². The lowest BCUT2D eigenvalue weighted by Gasteiger charge is -2.34. The number of sulfonamides is 1. The Kier molecular flexibility index (Phi) is 8.44. The van der Waals surface area contributed by atoms with Crippen LogP contribution in [0.2, 0.25) is 5.02 Å². The molecule has 7 heteroatoms. The Morgan fingerprint density at radius 1 is 0.939 bits per heavy atom. The molecule has 2 fully saturated rings. The Hall–Kier alpha value is -1.47. The predicted octanol–water partition coefficient (Wildman–Crippen LogP) is 5.66. The molecular formula is C26H34ClFN2O2S. The van der Waals surface area contributed by atoms with Crippen molar-refractivity contribution in [2.24, 2.45) is 11.8 Å². The number of halogens is 2. The average Bonchev–Trinajstić information content (AvgIpc) is 2.80. The Morgan fingerprint density at radius 2 is 1.64 bits per heavy atom. The van der Waals surface area contributed by atoms with Gasteiger partial charge in [0.1, 0.15) is 5.82 Å². The molecule has 2 aromatic carbocycles. The van der Waals surface area contributed by atoms with Gasteiger partial charge in [-0.3, -0.25) is 0 Å². The van der Waals surface area contributed by atoms with E-state index in [1.54, 1.807) is 36.4 Å². The molecule has 0 bridgehead atoms. The summed E-state index contributed by atoms with van der Waals surface area (Å²) >= 11 is 5.87. The van der Waals surface area contributed by atoms with Crippen molar-refractivity contribution in [1.82, 2.24) is 9.62 Å². The second kappa shape index (κ2) is 11.3. The van der Waals surface area contributed by atoms with Gasteiger partial charge in [0.15, 0.2) is 0 Å².